The highest BCUT2D eigenvalue weighted by Crippen LogP contribution is 2.02. The van der Waals surface area contributed by atoms with E-state index in [4.69, 9.17) is 9.47 Å². The molecule has 0 aromatic rings. The van der Waals surface area contributed by atoms with Crippen LogP contribution in [-0.2, 0) is 9.47 Å². The fourth-order valence-electron chi connectivity index (χ4n) is 1.15. The van der Waals surface area contributed by atoms with Crippen molar-refractivity contribution in [3.05, 3.63) is 12.3 Å². The van der Waals surface area contributed by atoms with E-state index in [2.05, 4.69) is 18.8 Å². The highest BCUT2D eigenvalue weighted by molar-refractivity contribution is 6.62. The van der Waals surface area contributed by atoms with Gasteiger partial charge in [-0.2, -0.15) is 0 Å². The lowest BCUT2D eigenvalue weighted by molar-refractivity contribution is 0.0517. The van der Waals surface area contributed by atoms with E-state index in [9.17, 15) is 0 Å². The largest absolute Gasteiger partial charge is 0.379 e. The van der Waals surface area contributed by atoms with Crippen molar-refractivity contribution >= 4 is 8.80 Å². The van der Waals surface area contributed by atoms with E-state index in [1.54, 1.807) is 0 Å². The quantitative estimate of drug-likeness (QED) is 0.412. The molecule has 0 fully saturated rings. The lowest BCUT2D eigenvalue weighted by Crippen LogP contribution is -2.06. The molecule has 1 unspecified atom stereocenters. The summed E-state index contributed by atoms with van der Waals surface area (Å²) in [5.74, 6) is 0. The normalized spacial score (nSPS) is 12.7. The molecule has 2 nitrogen and oxygen atoms in total. The molecule has 3 heteroatoms. The van der Waals surface area contributed by atoms with Crippen LogP contribution in [-0.4, -0.2) is 35.2 Å². The molecular weight excluding hydrogens is 192 g/mol. The summed E-state index contributed by atoms with van der Waals surface area (Å²) in [4.78, 5) is 0. The van der Waals surface area contributed by atoms with Crippen molar-refractivity contribution in [1.82, 2.24) is 0 Å². The molecule has 0 N–H and O–H groups in total. The van der Waals surface area contributed by atoms with E-state index in [1.807, 2.05) is 6.92 Å². The van der Waals surface area contributed by atoms with Gasteiger partial charge in [0.05, 0.1) is 22.0 Å². The lowest BCUT2D eigenvalue weighted by Gasteiger charge is -2.05. The molecule has 0 aromatic heterocycles. The average molecular weight is 216 g/mol. The minimum Gasteiger partial charge on any atom is -0.379 e. The smallest absolute Gasteiger partial charge is 0.0700 e. The van der Waals surface area contributed by atoms with Gasteiger partial charge in [-0.05, 0) is 13.3 Å². The van der Waals surface area contributed by atoms with Gasteiger partial charge in [0.25, 0.3) is 0 Å². The monoisotopic (exact) mass is 216 g/mol. The number of rotatable bonds is 10. The maximum absolute atomic E-state index is 5.42. The maximum Gasteiger partial charge on any atom is 0.0700 e. The van der Waals surface area contributed by atoms with Crippen molar-refractivity contribution in [2.75, 3.05) is 26.4 Å². The van der Waals surface area contributed by atoms with Gasteiger partial charge in [0.15, 0.2) is 0 Å². The molecule has 0 aromatic carbocycles. The molecule has 0 radical (unpaired) electrons. The summed E-state index contributed by atoms with van der Waals surface area (Å²) in [6, 6.07) is 1.36. The second-order valence-electron chi connectivity index (χ2n) is 3.52. The van der Waals surface area contributed by atoms with Crippen molar-refractivity contribution in [3.8, 4) is 0 Å². The van der Waals surface area contributed by atoms with Gasteiger partial charge >= 0.3 is 0 Å². The first-order valence-corrected chi connectivity index (χ1v) is 8.23. The first-order valence-electron chi connectivity index (χ1n) is 5.59. The number of hydrogen-bond donors (Lipinski definition) is 0. The highest BCUT2D eigenvalue weighted by atomic mass is 28.3. The van der Waals surface area contributed by atoms with Gasteiger partial charge < -0.3 is 9.47 Å². The van der Waals surface area contributed by atoms with Crippen LogP contribution in [0.4, 0.5) is 0 Å². The minimum atomic E-state index is -0.568. The average Bonchev–Trinajstić information content (AvgIpc) is 2.21. The number of unbranched alkanes of at least 4 members (excludes halogenated alkanes) is 1. The molecule has 0 spiro atoms. The molecule has 0 aliphatic carbocycles. The molecule has 14 heavy (non-hydrogen) atoms. The van der Waals surface area contributed by atoms with Crippen LogP contribution in [0, 0.1) is 0 Å². The molecule has 0 saturated carbocycles. The van der Waals surface area contributed by atoms with Crippen molar-refractivity contribution in [2.45, 2.75) is 32.4 Å². The van der Waals surface area contributed by atoms with Crippen LogP contribution in [0.1, 0.15) is 19.8 Å². The van der Waals surface area contributed by atoms with Crippen molar-refractivity contribution in [3.63, 3.8) is 0 Å². The van der Waals surface area contributed by atoms with Gasteiger partial charge in [0, 0.05) is 13.2 Å². The van der Waals surface area contributed by atoms with Gasteiger partial charge in [0.2, 0.25) is 0 Å². The molecule has 1 atom stereocenters. The first-order chi connectivity index (χ1) is 6.81. The summed E-state index contributed by atoms with van der Waals surface area (Å²) in [6.07, 6.45) is 2.46. The molecule has 0 aliphatic heterocycles. The summed E-state index contributed by atoms with van der Waals surface area (Å²) in [5, 5.41) is 0. The zero-order valence-electron chi connectivity index (χ0n) is 9.63. The number of ether oxygens (including phenoxy) is 2. The predicted molar refractivity (Wildman–Crippen MR) is 64.6 cm³/mol. The highest BCUT2D eigenvalue weighted by Gasteiger charge is 1.97. The van der Waals surface area contributed by atoms with Crippen LogP contribution in [0.15, 0.2) is 12.3 Å². The van der Waals surface area contributed by atoms with Crippen LogP contribution in [0.5, 0.6) is 0 Å². The topological polar surface area (TPSA) is 18.5 Å². The summed E-state index contributed by atoms with van der Waals surface area (Å²) < 4.78 is 10.6. The second kappa shape index (κ2) is 11.0. The van der Waals surface area contributed by atoms with Crippen molar-refractivity contribution < 1.29 is 9.47 Å². The maximum atomic E-state index is 5.42. The Morgan fingerprint density at radius 3 is 2.50 bits per heavy atom. The first kappa shape index (κ1) is 13.9. The van der Waals surface area contributed by atoms with Crippen LogP contribution in [0.3, 0.4) is 0 Å². The Labute approximate surface area is 89.9 Å². The van der Waals surface area contributed by atoms with Crippen LogP contribution < -0.4 is 0 Å². The van der Waals surface area contributed by atoms with E-state index < -0.39 is 8.80 Å². The molecule has 0 heterocycles. The van der Waals surface area contributed by atoms with E-state index >= 15 is 0 Å². The van der Waals surface area contributed by atoms with E-state index in [1.165, 1.54) is 18.9 Å². The zero-order chi connectivity index (χ0) is 10.6. The van der Waals surface area contributed by atoms with Gasteiger partial charge in [0.1, 0.15) is 0 Å². The Kier molecular flexibility index (Phi) is 10.9. The lowest BCUT2D eigenvalue weighted by atomic mass is 10.4. The Hall–Kier alpha value is -0.123. The SMILES string of the molecule is C=C[SiH](C)CCCCOCCOCC. The van der Waals surface area contributed by atoms with E-state index in [-0.39, 0.29) is 0 Å². The third kappa shape index (κ3) is 9.96. The van der Waals surface area contributed by atoms with Crippen LogP contribution in [0.2, 0.25) is 12.6 Å². The molecule has 84 valence electrons. The van der Waals surface area contributed by atoms with Crippen molar-refractivity contribution in [1.29, 1.82) is 0 Å². The molecule has 0 saturated heterocycles. The van der Waals surface area contributed by atoms with E-state index in [0.29, 0.717) is 0 Å². The standard InChI is InChI=1S/C11H24O2Si/c1-4-12-9-10-13-8-6-7-11-14(3)5-2/h5,14H,2,4,6-11H2,1,3H3. The zero-order valence-corrected chi connectivity index (χ0v) is 10.8. The summed E-state index contributed by atoms with van der Waals surface area (Å²) in [5.41, 5.74) is 2.15. The van der Waals surface area contributed by atoms with Gasteiger partial charge in [-0.25, -0.2) is 0 Å². The summed E-state index contributed by atoms with van der Waals surface area (Å²) in [7, 11) is -0.568. The predicted octanol–water partition coefficient (Wildman–Crippen LogP) is 2.40. The number of hydrogen-bond acceptors (Lipinski definition) is 2. The second-order valence-corrected chi connectivity index (χ2v) is 6.52. The van der Waals surface area contributed by atoms with Crippen LogP contribution in [0.25, 0.3) is 0 Å². The fraction of sp³-hybridized carbons (Fsp3) is 0.818. The fourth-order valence-corrected chi connectivity index (χ4v) is 2.32. The molecule has 0 rings (SSSR count). The third-order valence-corrected chi connectivity index (χ3v) is 4.30. The Morgan fingerprint density at radius 2 is 1.86 bits per heavy atom. The van der Waals surface area contributed by atoms with Gasteiger partial charge in [-0.15, -0.1) is 12.3 Å². The Bertz CT molecular complexity index is 128. The molecule has 0 bridgehead atoms. The van der Waals surface area contributed by atoms with Crippen LogP contribution >= 0.6 is 0 Å². The van der Waals surface area contributed by atoms with Gasteiger partial charge in [-0.3, -0.25) is 0 Å². The van der Waals surface area contributed by atoms with Gasteiger partial charge in [-0.1, -0.05) is 19.0 Å². The Balaban J connectivity index is 2.95. The van der Waals surface area contributed by atoms with Crippen molar-refractivity contribution in [2.24, 2.45) is 0 Å². The molecular formula is C11H24O2Si. The molecule has 0 aliphatic rings. The third-order valence-electron chi connectivity index (χ3n) is 2.18. The molecule has 0 amide bonds. The summed E-state index contributed by atoms with van der Waals surface area (Å²) >= 11 is 0. The minimum absolute atomic E-state index is 0.568. The van der Waals surface area contributed by atoms with E-state index in [0.717, 1.165) is 26.4 Å². The Morgan fingerprint density at radius 1 is 1.14 bits per heavy atom. The summed E-state index contributed by atoms with van der Waals surface area (Å²) in [6.45, 7) is 11.3.